The summed E-state index contributed by atoms with van der Waals surface area (Å²) in [5, 5.41) is 3.38. The molecule has 98 valence electrons. The van der Waals surface area contributed by atoms with Crippen molar-refractivity contribution >= 4 is 17.2 Å². The summed E-state index contributed by atoms with van der Waals surface area (Å²) >= 11 is 1.32. The molecule has 4 nitrogen and oxygen atoms in total. The van der Waals surface area contributed by atoms with Crippen molar-refractivity contribution in [3.05, 3.63) is 46.0 Å². The largest absolute Gasteiger partial charge is 0.465 e. The fourth-order valence-corrected chi connectivity index (χ4v) is 2.94. The standard InChI is InChI=1S/C14H14N2O2S/c1-9-3-2-4-10(7-9)8-18-14-16-11-5-6-15-13(17)12(11)19-14/h2-4,7H,5-6,8H2,1H3,(H,15,17). The summed E-state index contributed by atoms with van der Waals surface area (Å²) in [7, 11) is 0. The van der Waals surface area contributed by atoms with Crippen LogP contribution in [-0.4, -0.2) is 17.4 Å². The lowest BCUT2D eigenvalue weighted by Gasteiger charge is -2.08. The summed E-state index contributed by atoms with van der Waals surface area (Å²) in [6.07, 6.45) is 0.783. The van der Waals surface area contributed by atoms with Crippen LogP contribution in [0.15, 0.2) is 24.3 Å². The highest BCUT2D eigenvalue weighted by Gasteiger charge is 2.22. The number of nitrogens with zero attached hydrogens (tertiary/aromatic N) is 1. The van der Waals surface area contributed by atoms with Crippen molar-refractivity contribution in [2.24, 2.45) is 0 Å². The van der Waals surface area contributed by atoms with E-state index in [-0.39, 0.29) is 5.91 Å². The van der Waals surface area contributed by atoms with Crippen molar-refractivity contribution in [2.75, 3.05) is 6.54 Å². The number of rotatable bonds is 3. The Hall–Kier alpha value is -1.88. The van der Waals surface area contributed by atoms with Gasteiger partial charge in [-0.05, 0) is 12.5 Å². The summed E-state index contributed by atoms with van der Waals surface area (Å²) in [5.41, 5.74) is 3.17. The molecular formula is C14H14N2O2S. The summed E-state index contributed by atoms with van der Waals surface area (Å²) < 4.78 is 5.68. The number of ether oxygens (including phenoxy) is 1. The van der Waals surface area contributed by atoms with E-state index in [0.717, 1.165) is 17.7 Å². The van der Waals surface area contributed by atoms with Crippen LogP contribution < -0.4 is 10.1 Å². The lowest BCUT2D eigenvalue weighted by Crippen LogP contribution is -2.30. The fraction of sp³-hybridized carbons (Fsp3) is 0.286. The van der Waals surface area contributed by atoms with Crippen LogP contribution in [0.4, 0.5) is 0 Å². The molecule has 0 spiro atoms. The number of fused-ring (bicyclic) bond motifs is 1. The molecule has 2 aromatic rings. The highest BCUT2D eigenvalue weighted by molar-refractivity contribution is 7.15. The minimum Gasteiger partial charge on any atom is -0.465 e. The van der Waals surface area contributed by atoms with Gasteiger partial charge in [0.15, 0.2) is 0 Å². The predicted octanol–water partition coefficient (Wildman–Crippen LogP) is 2.32. The van der Waals surface area contributed by atoms with Gasteiger partial charge in [0.2, 0.25) is 0 Å². The van der Waals surface area contributed by atoms with Crippen LogP contribution in [0.25, 0.3) is 0 Å². The van der Waals surface area contributed by atoms with Crippen molar-refractivity contribution in [3.63, 3.8) is 0 Å². The molecule has 0 unspecified atom stereocenters. The van der Waals surface area contributed by atoms with Crippen LogP contribution in [0.2, 0.25) is 0 Å². The Labute approximate surface area is 115 Å². The average molecular weight is 274 g/mol. The number of benzene rings is 1. The van der Waals surface area contributed by atoms with E-state index in [2.05, 4.69) is 29.4 Å². The zero-order valence-corrected chi connectivity index (χ0v) is 11.4. The summed E-state index contributed by atoms with van der Waals surface area (Å²) in [5.74, 6) is -0.0378. The molecule has 0 saturated carbocycles. The van der Waals surface area contributed by atoms with Gasteiger partial charge in [-0.25, -0.2) is 4.98 Å². The van der Waals surface area contributed by atoms with Crippen molar-refractivity contribution in [1.29, 1.82) is 0 Å². The molecule has 1 amide bonds. The molecule has 0 fully saturated rings. The fourth-order valence-electron chi connectivity index (χ4n) is 2.06. The molecule has 1 aromatic heterocycles. The summed E-state index contributed by atoms with van der Waals surface area (Å²) in [6, 6.07) is 8.16. The first-order chi connectivity index (χ1) is 9.22. The Bertz CT molecular complexity index is 622. The van der Waals surface area contributed by atoms with Crippen molar-refractivity contribution in [3.8, 4) is 5.19 Å². The first kappa shape index (κ1) is 12.2. The quantitative estimate of drug-likeness (QED) is 0.934. The second-order valence-corrected chi connectivity index (χ2v) is 5.50. The van der Waals surface area contributed by atoms with Gasteiger partial charge in [-0.15, -0.1) is 0 Å². The van der Waals surface area contributed by atoms with Crippen LogP contribution in [0.5, 0.6) is 5.19 Å². The van der Waals surface area contributed by atoms with Crippen LogP contribution in [0, 0.1) is 6.92 Å². The molecule has 1 aliphatic heterocycles. The molecule has 0 atom stereocenters. The third-order valence-electron chi connectivity index (χ3n) is 2.98. The molecule has 1 aromatic carbocycles. The van der Waals surface area contributed by atoms with Gasteiger partial charge in [0.25, 0.3) is 11.1 Å². The minimum absolute atomic E-state index is 0.0378. The third-order valence-corrected chi connectivity index (χ3v) is 3.99. The maximum atomic E-state index is 11.6. The summed E-state index contributed by atoms with van der Waals surface area (Å²) in [4.78, 5) is 16.7. The highest BCUT2D eigenvalue weighted by atomic mass is 32.1. The predicted molar refractivity (Wildman–Crippen MR) is 73.7 cm³/mol. The summed E-state index contributed by atoms with van der Waals surface area (Å²) in [6.45, 7) is 3.19. The molecule has 2 heterocycles. The van der Waals surface area contributed by atoms with E-state index in [1.165, 1.54) is 16.9 Å². The normalized spacial score (nSPS) is 13.8. The SMILES string of the molecule is Cc1cccc(COc2nc3c(s2)C(=O)NCC3)c1. The smallest absolute Gasteiger partial charge is 0.274 e. The van der Waals surface area contributed by atoms with Crippen LogP contribution in [0.1, 0.15) is 26.5 Å². The Morgan fingerprint density at radius 1 is 1.47 bits per heavy atom. The van der Waals surface area contributed by atoms with Crippen molar-refractivity contribution in [1.82, 2.24) is 10.3 Å². The van der Waals surface area contributed by atoms with Crippen molar-refractivity contribution < 1.29 is 9.53 Å². The van der Waals surface area contributed by atoms with Gasteiger partial charge in [-0.3, -0.25) is 4.79 Å². The molecular weight excluding hydrogens is 260 g/mol. The number of thiazole rings is 1. The van der Waals surface area contributed by atoms with Crippen LogP contribution >= 0.6 is 11.3 Å². The molecule has 3 rings (SSSR count). The Balaban J connectivity index is 1.72. The first-order valence-corrected chi connectivity index (χ1v) is 7.00. The number of aryl methyl sites for hydroxylation is 1. The van der Waals surface area contributed by atoms with Gasteiger partial charge in [-0.2, -0.15) is 0 Å². The topological polar surface area (TPSA) is 51.2 Å². The van der Waals surface area contributed by atoms with Gasteiger partial charge in [0, 0.05) is 13.0 Å². The highest BCUT2D eigenvalue weighted by Crippen LogP contribution is 2.27. The molecule has 0 saturated heterocycles. The number of carbonyl (C=O) groups excluding carboxylic acids is 1. The zero-order chi connectivity index (χ0) is 13.2. The van der Waals surface area contributed by atoms with E-state index in [0.29, 0.717) is 23.2 Å². The van der Waals surface area contributed by atoms with E-state index in [4.69, 9.17) is 4.74 Å². The second kappa shape index (κ2) is 5.01. The monoisotopic (exact) mass is 274 g/mol. The minimum atomic E-state index is -0.0378. The molecule has 0 radical (unpaired) electrons. The number of carbonyl (C=O) groups is 1. The second-order valence-electron chi connectivity index (χ2n) is 4.54. The number of hydrogen-bond donors (Lipinski definition) is 1. The Morgan fingerprint density at radius 3 is 3.16 bits per heavy atom. The van der Waals surface area contributed by atoms with Crippen molar-refractivity contribution in [2.45, 2.75) is 20.0 Å². The van der Waals surface area contributed by atoms with Gasteiger partial charge >= 0.3 is 0 Å². The van der Waals surface area contributed by atoms with Crippen LogP contribution in [0.3, 0.4) is 0 Å². The molecule has 0 aliphatic carbocycles. The van der Waals surface area contributed by atoms with E-state index in [1.807, 2.05) is 12.1 Å². The van der Waals surface area contributed by atoms with E-state index in [9.17, 15) is 4.79 Å². The maximum absolute atomic E-state index is 11.6. The maximum Gasteiger partial charge on any atom is 0.274 e. The van der Waals surface area contributed by atoms with E-state index >= 15 is 0 Å². The first-order valence-electron chi connectivity index (χ1n) is 6.18. The lowest BCUT2D eigenvalue weighted by atomic mass is 10.1. The molecule has 1 aliphatic rings. The van der Waals surface area contributed by atoms with E-state index < -0.39 is 0 Å². The lowest BCUT2D eigenvalue weighted by molar-refractivity contribution is 0.0950. The molecule has 19 heavy (non-hydrogen) atoms. The number of nitrogens with one attached hydrogen (secondary N) is 1. The van der Waals surface area contributed by atoms with Gasteiger partial charge in [-0.1, -0.05) is 41.2 Å². The van der Waals surface area contributed by atoms with Crippen LogP contribution in [-0.2, 0) is 13.0 Å². The third kappa shape index (κ3) is 2.61. The number of amides is 1. The van der Waals surface area contributed by atoms with Gasteiger partial charge in [0.05, 0.1) is 5.69 Å². The average Bonchev–Trinajstić information content (AvgIpc) is 2.81. The zero-order valence-electron chi connectivity index (χ0n) is 10.6. The number of hydrogen-bond acceptors (Lipinski definition) is 4. The van der Waals surface area contributed by atoms with Gasteiger partial charge < -0.3 is 10.1 Å². The molecule has 0 bridgehead atoms. The van der Waals surface area contributed by atoms with Gasteiger partial charge in [0.1, 0.15) is 11.5 Å². The number of aromatic nitrogens is 1. The molecule has 5 heteroatoms. The Morgan fingerprint density at radius 2 is 2.37 bits per heavy atom. The molecule has 1 N–H and O–H groups in total. The van der Waals surface area contributed by atoms with E-state index in [1.54, 1.807) is 0 Å². The Kier molecular flexibility index (Phi) is 3.21.